The average Bonchev–Trinajstić information content (AvgIpc) is 1.85. The van der Waals surface area contributed by atoms with Crippen LogP contribution in [0.25, 0.3) is 0 Å². The third-order valence-corrected chi connectivity index (χ3v) is 5.42. The van der Waals surface area contributed by atoms with Crippen molar-refractivity contribution in [2.75, 3.05) is 19.8 Å². The molecule has 62 valence electrons. The molecule has 0 radical (unpaired) electrons. The maximum Gasteiger partial charge on any atom is 0.208 e. The maximum absolute atomic E-state index is 4.11. The molecule has 0 bridgehead atoms. The zero-order valence-corrected chi connectivity index (χ0v) is 9.11. The molecule has 0 saturated carbocycles. The van der Waals surface area contributed by atoms with Crippen molar-refractivity contribution in [1.29, 1.82) is 0 Å². The van der Waals surface area contributed by atoms with Gasteiger partial charge in [0.05, 0.1) is 13.0 Å². The van der Waals surface area contributed by atoms with Crippen LogP contribution in [0.15, 0.2) is 0 Å². The Morgan fingerprint density at radius 2 is 2.18 bits per heavy atom. The van der Waals surface area contributed by atoms with Crippen LogP contribution in [-0.2, 0) is 0 Å². The van der Waals surface area contributed by atoms with Gasteiger partial charge in [0.2, 0.25) is 5.52 Å². The van der Waals surface area contributed by atoms with E-state index in [1.807, 2.05) is 0 Å². The van der Waals surface area contributed by atoms with E-state index in [0.717, 1.165) is 5.92 Å². The summed E-state index contributed by atoms with van der Waals surface area (Å²) < 4.78 is 0. The lowest BCUT2D eigenvalue weighted by Crippen LogP contribution is -2.47. The Kier molecular flexibility index (Phi) is 3.25. The number of hydrogen-bond donors (Lipinski definition) is 0. The van der Waals surface area contributed by atoms with Crippen LogP contribution in [0.3, 0.4) is 0 Å². The summed E-state index contributed by atoms with van der Waals surface area (Å²) >= 11 is 0. The van der Waals surface area contributed by atoms with Crippen LogP contribution in [0, 0.1) is 5.92 Å². The first-order chi connectivity index (χ1) is 5.15. The Labute approximate surface area is 72.0 Å². The molecule has 0 N–H and O–H groups in total. The molecule has 1 aliphatic heterocycles. The fourth-order valence-corrected chi connectivity index (χ4v) is 3.75. The molecular weight excluding hydrogens is 172 g/mol. The second-order valence-corrected chi connectivity index (χ2v) is 6.61. The Balaban J connectivity index is 2.44. The Hall–Kier alpha value is 0.300. The normalized spacial score (nSPS) is 24.7. The van der Waals surface area contributed by atoms with Crippen LogP contribution in [0.5, 0.6) is 0 Å². The van der Waals surface area contributed by atoms with Crippen molar-refractivity contribution in [3.05, 3.63) is 0 Å². The number of hydrogen-bond acceptors (Lipinski definition) is 1. The van der Waals surface area contributed by atoms with Gasteiger partial charge in [0.15, 0.2) is 0 Å². The Morgan fingerprint density at radius 3 is 2.45 bits per heavy atom. The van der Waals surface area contributed by atoms with E-state index < -0.39 is 0 Å². The summed E-state index contributed by atoms with van der Waals surface area (Å²) in [5.74, 6) is 0.897. The monoisotopic (exact) mass is 188 g/mol. The van der Waals surface area contributed by atoms with Crippen molar-refractivity contribution >= 4 is 28.3 Å². The highest BCUT2D eigenvalue weighted by atomic mass is 31.1. The Bertz CT molecular complexity index is 173. The van der Waals surface area contributed by atoms with Crippen LogP contribution >= 0.6 is 15.7 Å². The predicted octanol–water partition coefficient (Wildman–Crippen LogP) is 2.14. The van der Waals surface area contributed by atoms with E-state index in [2.05, 4.69) is 31.1 Å². The smallest absolute Gasteiger partial charge is 0.208 e. The van der Waals surface area contributed by atoms with Gasteiger partial charge in [-0.3, -0.25) is 4.90 Å². The van der Waals surface area contributed by atoms with Crippen molar-refractivity contribution in [2.24, 2.45) is 5.92 Å². The topological polar surface area (TPSA) is 3.24 Å². The minimum Gasteiger partial charge on any atom is -0.255 e. The second kappa shape index (κ2) is 3.81. The molecule has 1 aliphatic rings. The molecule has 0 aliphatic carbocycles. The van der Waals surface area contributed by atoms with Gasteiger partial charge >= 0.3 is 0 Å². The van der Waals surface area contributed by atoms with Crippen LogP contribution in [0.4, 0.5) is 0 Å². The SMILES string of the molecule is C=PC(N1CC(C)C1)[P+](=C)C. The summed E-state index contributed by atoms with van der Waals surface area (Å²) in [6.45, 7) is 7.06. The maximum atomic E-state index is 4.11. The molecule has 2 atom stereocenters. The van der Waals surface area contributed by atoms with Gasteiger partial charge in [-0.2, -0.15) is 0 Å². The summed E-state index contributed by atoms with van der Waals surface area (Å²) in [6.07, 6.45) is 8.06. The van der Waals surface area contributed by atoms with E-state index in [1.54, 1.807) is 0 Å². The fourth-order valence-electron chi connectivity index (χ4n) is 1.47. The third-order valence-electron chi connectivity index (χ3n) is 1.98. The largest absolute Gasteiger partial charge is 0.255 e. The second-order valence-electron chi connectivity index (χ2n) is 3.35. The van der Waals surface area contributed by atoms with Crippen LogP contribution in [0.2, 0.25) is 0 Å². The average molecular weight is 188 g/mol. The molecule has 0 aromatic rings. The quantitative estimate of drug-likeness (QED) is 0.613. The van der Waals surface area contributed by atoms with Gasteiger partial charge < -0.3 is 0 Å². The van der Waals surface area contributed by atoms with Gasteiger partial charge in [0.25, 0.3) is 0 Å². The van der Waals surface area contributed by atoms with E-state index in [9.17, 15) is 0 Å². The van der Waals surface area contributed by atoms with Crippen molar-refractivity contribution in [1.82, 2.24) is 4.90 Å². The van der Waals surface area contributed by atoms with Gasteiger partial charge in [0, 0.05) is 13.1 Å². The van der Waals surface area contributed by atoms with E-state index in [0.29, 0.717) is 5.52 Å². The molecule has 1 nitrogen and oxygen atoms in total. The highest BCUT2D eigenvalue weighted by molar-refractivity contribution is 7.66. The summed E-state index contributed by atoms with van der Waals surface area (Å²) in [6, 6.07) is 0. The first-order valence-electron chi connectivity index (χ1n) is 3.88. The van der Waals surface area contributed by atoms with Gasteiger partial charge in [-0.1, -0.05) is 13.2 Å². The Morgan fingerprint density at radius 1 is 1.64 bits per heavy atom. The summed E-state index contributed by atoms with van der Waals surface area (Å²) in [5.41, 5.74) is 0.654. The van der Waals surface area contributed by atoms with Gasteiger partial charge in [-0.15, -0.1) is 0 Å². The summed E-state index contributed by atoms with van der Waals surface area (Å²) in [5, 5.41) is 0. The molecule has 2 unspecified atom stereocenters. The zero-order chi connectivity index (χ0) is 8.43. The van der Waals surface area contributed by atoms with E-state index >= 15 is 0 Å². The van der Waals surface area contributed by atoms with Gasteiger partial charge in [0.1, 0.15) is 7.55 Å². The number of likely N-dealkylation sites (tertiary alicyclic amines) is 1. The lowest BCUT2D eigenvalue weighted by atomic mass is 10.1. The summed E-state index contributed by atoms with van der Waals surface area (Å²) in [4.78, 5) is 2.51. The molecule has 1 rings (SSSR count). The molecule has 0 spiro atoms. The standard InChI is InChI=1S/C8H16NP2/c1-7-5-9(6-7)8(10-2)11(3)4/h7-8H,2-3,5-6H2,1,4H3/q+1. The van der Waals surface area contributed by atoms with Crippen LogP contribution in [-0.4, -0.2) is 42.8 Å². The van der Waals surface area contributed by atoms with Crippen molar-refractivity contribution in [3.63, 3.8) is 0 Å². The highest BCUT2D eigenvalue weighted by Gasteiger charge is 2.33. The molecule has 11 heavy (non-hydrogen) atoms. The first kappa shape index (κ1) is 9.39. The minimum atomic E-state index is -0.0760. The van der Waals surface area contributed by atoms with E-state index in [4.69, 9.17) is 0 Å². The molecule has 1 saturated heterocycles. The predicted molar refractivity (Wildman–Crippen MR) is 58.5 cm³/mol. The molecule has 3 heteroatoms. The molecule has 0 aromatic carbocycles. The zero-order valence-electron chi connectivity index (χ0n) is 7.32. The van der Waals surface area contributed by atoms with Gasteiger partial charge in [-0.25, -0.2) is 0 Å². The van der Waals surface area contributed by atoms with Crippen molar-refractivity contribution in [3.8, 4) is 0 Å². The first-order valence-corrected chi connectivity index (χ1v) is 7.07. The molecular formula is C8H16NP2+. The molecule has 1 heterocycles. The van der Waals surface area contributed by atoms with Crippen molar-refractivity contribution < 1.29 is 0 Å². The lowest BCUT2D eigenvalue weighted by Gasteiger charge is -2.37. The van der Waals surface area contributed by atoms with Crippen LogP contribution in [0.1, 0.15) is 6.92 Å². The molecule has 0 aromatic heterocycles. The molecule has 0 amide bonds. The van der Waals surface area contributed by atoms with E-state index in [-0.39, 0.29) is 7.55 Å². The highest BCUT2D eigenvalue weighted by Crippen LogP contribution is 2.37. The van der Waals surface area contributed by atoms with Crippen LogP contribution < -0.4 is 0 Å². The van der Waals surface area contributed by atoms with Crippen molar-refractivity contribution in [2.45, 2.75) is 12.4 Å². The number of rotatable bonds is 3. The minimum absolute atomic E-state index is 0.0760. The number of nitrogens with zero attached hydrogens (tertiary/aromatic N) is 1. The lowest BCUT2D eigenvalue weighted by molar-refractivity contribution is 0.128. The molecule has 1 fully saturated rings. The fraction of sp³-hybridized carbons (Fsp3) is 0.750. The third kappa shape index (κ3) is 2.12. The van der Waals surface area contributed by atoms with E-state index in [1.165, 1.54) is 21.3 Å². The van der Waals surface area contributed by atoms with Gasteiger partial charge in [-0.05, 0) is 14.1 Å². The summed E-state index contributed by atoms with van der Waals surface area (Å²) in [7, 11) is 1.18.